The van der Waals surface area contributed by atoms with E-state index in [-0.39, 0.29) is 27.7 Å². The summed E-state index contributed by atoms with van der Waals surface area (Å²) in [5.41, 5.74) is 5.89. The first-order valence-electron chi connectivity index (χ1n) is 5.24. The van der Waals surface area contributed by atoms with Crippen LogP contribution in [0.1, 0.15) is 20.9 Å². The van der Waals surface area contributed by atoms with Crippen LogP contribution >= 0.6 is 11.3 Å². The Morgan fingerprint density at radius 3 is 2.53 bits per heavy atom. The number of aliphatic carboxylic acids is 1. The lowest BCUT2D eigenvalue weighted by atomic mass is 10.1. The number of rotatable bonds is 4. The molecular weight excluding hydrogens is 271 g/mol. The lowest BCUT2D eigenvalue weighted by molar-refractivity contribution is -0.136. The number of anilines is 1. The quantitative estimate of drug-likeness (QED) is 0.832. The van der Waals surface area contributed by atoms with Gasteiger partial charge in [0.05, 0.1) is 12.1 Å². The first-order chi connectivity index (χ1) is 8.97. The van der Waals surface area contributed by atoms with E-state index < -0.39 is 17.6 Å². The van der Waals surface area contributed by atoms with Crippen molar-refractivity contribution in [3.05, 3.63) is 46.2 Å². The minimum atomic E-state index is -1.10. The van der Waals surface area contributed by atoms with Crippen molar-refractivity contribution in [1.82, 2.24) is 4.98 Å². The predicted octanol–water partition coefficient (Wildman–Crippen LogP) is 1.72. The number of thiazole rings is 1. The Labute approximate surface area is 111 Å². The third-order valence-electron chi connectivity index (χ3n) is 2.35. The van der Waals surface area contributed by atoms with Gasteiger partial charge in [0.15, 0.2) is 5.13 Å². The van der Waals surface area contributed by atoms with Crippen molar-refractivity contribution in [1.29, 1.82) is 0 Å². The summed E-state index contributed by atoms with van der Waals surface area (Å²) in [7, 11) is 0. The van der Waals surface area contributed by atoms with E-state index in [0.717, 1.165) is 23.5 Å². The number of hydrogen-bond donors (Lipinski definition) is 2. The molecule has 0 aliphatic carbocycles. The summed E-state index contributed by atoms with van der Waals surface area (Å²) in [6.07, 6.45) is -0.379. The van der Waals surface area contributed by atoms with E-state index in [1.165, 1.54) is 12.1 Å². The highest BCUT2D eigenvalue weighted by Gasteiger charge is 2.20. The smallest absolute Gasteiger partial charge is 0.309 e. The number of nitrogen functional groups attached to an aromatic ring is 1. The van der Waals surface area contributed by atoms with Crippen molar-refractivity contribution >= 4 is 28.2 Å². The minimum Gasteiger partial charge on any atom is -0.481 e. The molecule has 0 fully saturated rings. The van der Waals surface area contributed by atoms with Crippen LogP contribution < -0.4 is 5.73 Å². The fourth-order valence-electron chi connectivity index (χ4n) is 1.54. The molecule has 0 aliphatic heterocycles. The number of nitrogens with zero attached hydrogens (tertiary/aromatic N) is 1. The van der Waals surface area contributed by atoms with E-state index in [4.69, 9.17) is 10.8 Å². The molecule has 2 rings (SSSR count). The minimum absolute atomic E-state index is 0.127. The molecule has 2 aromatic rings. The number of aromatic nitrogens is 1. The molecule has 98 valence electrons. The molecule has 1 heterocycles. The van der Waals surface area contributed by atoms with Gasteiger partial charge in [-0.1, -0.05) is 11.3 Å². The molecule has 5 nitrogen and oxygen atoms in total. The second-order valence-corrected chi connectivity index (χ2v) is 4.77. The Bertz CT molecular complexity index is 637. The number of benzene rings is 1. The molecule has 3 N–H and O–H groups in total. The second kappa shape index (κ2) is 5.15. The van der Waals surface area contributed by atoms with Crippen LogP contribution in [0, 0.1) is 5.82 Å². The van der Waals surface area contributed by atoms with Gasteiger partial charge in [0.25, 0.3) is 0 Å². The van der Waals surface area contributed by atoms with Gasteiger partial charge < -0.3 is 10.8 Å². The van der Waals surface area contributed by atoms with Crippen LogP contribution in [-0.2, 0) is 11.2 Å². The first kappa shape index (κ1) is 13.2. The topological polar surface area (TPSA) is 93.3 Å². The van der Waals surface area contributed by atoms with Crippen molar-refractivity contribution in [2.24, 2.45) is 0 Å². The Hall–Kier alpha value is -2.28. The van der Waals surface area contributed by atoms with Crippen LogP contribution in [0.15, 0.2) is 24.3 Å². The molecule has 7 heteroatoms. The Kier molecular flexibility index (Phi) is 3.57. The van der Waals surface area contributed by atoms with Crippen molar-refractivity contribution in [2.45, 2.75) is 6.42 Å². The summed E-state index contributed by atoms with van der Waals surface area (Å²) in [4.78, 5) is 26.9. The first-order valence-corrected chi connectivity index (χ1v) is 6.06. The highest BCUT2D eigenvalue weighted by atomic mass is 32.1. The van der Waals surface area contributed by atoms with Gasteiger partial charge in [-0.15, -0.1) is 0 Å². The molecule has 1 aromatic carbocycles. The van der Waals surface area contributed by atoms with E-state index in [1.54, 1.807) is 0 Å². The normalized spacial score (nSPS) is 10.4. The number of ketones is 1. The van der Waals surface area contributed by atoms with Gasteiger partial charge in [-0.05, 0) is 24.3 Å². The Morgan fingerprint density at radius 2 is 1.95 bits per heavy atom. The van der Waals surface area contributed by atoms with E-state index in [2.05, 4.69) is 4.98 Å². The fraction of sp³-hybridized carbons (Fsp3) is 0.0833. The molecule has 0 saturated carbocycles. The van der Waals surface area contributed by atoms with Gasteiger partial charge >= 0.3 is 5.97 Å². The van der Waals surface area contributed by atoms with Crippen LogP contribution in [0.25, 0.3) is 0 Å². The third-order valence-corrected chi connectivity index (χ3v) is 3.27. The van der Waals surface area contributed by atoms with Crippen molar-refractivity contribution in [2.75, 3.05) is 5.73 Å². The summed E-state index contributed by atoms with van der Waals surface area (Å²) >= 11 is 0.924. The summed E-state index contributed by atoms with van der Waals surface area (Å²) in [6, 6.07) is 4.99. The van der Waals surface area contributed by atoms with Crippen molar-refractivity contribution < 1.29 is 19.1 Å². The fourth-order valence-corrected chi connectivity index (χ4v) is 2.35. The summed E-state index contributed by atoms with van der Waals surface area (Å²) in [6.45, 7) is 0. The monoisotopic (exact) mass is 280 g/mol. The number of hydrogen-bond acceptors (Lipinski definition) is 5. The average molecular weight is 280 g/mol. The van der Waals surface area contributed by atoms with E-state index >= 15 is 0 Å². The van der Waals surface area contributed by atoms with Crippen LogP contribution in [0.3, 0.4) is 0 Å². The number of halogens is 1. The molecule has 0 radical (unpaired) electrons. The molecule has 0 bridgehead atoms. The zero-order valence-electron chi connectivity index (χ0n) is 9.59. The van der Waals surface area contributed by atoms with Crippen molar-refractivity contribution in [3.63, 3.8) is 0 Å². The number of carbonyl (C=O) groups excluding carboxylic acids is 1. The van der Waals surface area contributed by atoms with Crippen LogP contribution in [0.4, 0.5) is 9.52 Å². The van der Waals surface area contributed by atoms with Crippen LogP contribution in [0.5, 0.6) is 0 Å². The molecule has 0 spiro atoms. The SMILES string of the molecule is Nc1nc(CC(=O)O)c(C(=O)c2ccc(F)cc2)s1. The molecule has 1 aromatic heterocycles. The number of carboxylic acid groups (broad SMARTS) is 1. The van der Waals surface area contributed by atoms with Gasteiger partial charge in [0.1, 0.15) is 10.7 Å². The third kappa shape index (κ3) is 2.94. The van der Waals surface area contributed by atoms with E-state index in [1.807, 2.05) is 0 Å². The molecular formula is C12H9FN2O3S. The molecule has 0 unspecified atom stereocenters. The second-order valence-electron chi connectivity index (χ2n) is 3.73. The molecule has 19 heavy (non-hydrogen) atoms. The van der Waals surface area contributed by atoms with Gasteiger partial charge in [-0.2, -0.15) is 0 Å². The summed E-state index contributed by atoms with van der Waals surface area (Å²) < 4.78 is 12.8. The zero-order valence-corrected chi connectivity index (χ0v) is 10.4. The number of carboxylic acids is 1. The van der Waals surface area contributed by atoms with E-state index in [9.17, 15) is 14.0 Å². The molecule has 0 saturated heterocycles. The molecule has 0 aliphatic rings. The Morgan fingerprint density at radius 1 is 1.32 bits per heavy atom. The Balaban J connectivity index is 2.38. The lowest BCUT2D eigenvalue weighted by Crippen LogP contribution is -2.07. The predicted molar refractivity (Wildman–Crippen MR) is 67.7 cm³/mol. The maximum absolute atomic E-state index is 12.8. The van der Waals surface area contributed by atoms with Gasteiger partial charge in [0.2, 0.25) is 5.78 Å². The number of nitrogens with two attached hydrogens (primary N) is 1. The maximum Gasteiger partial charge on any atom is 0.309 e. The summed E-state index contributed by atoms with van der Waals surface area (Å²) in [5.74, 6) is -1.96. The number of carbonyl (C=O) groups is 2. The highest BCUT2D eigenvalue weighted by Crippen LogP contribution is 2.24. The van der Waals surface area contributed by atoms with Gasteiger partial charge in [-0.3, -0.25) is 9.59 Å². The zero-order chi connectivity index (χ0) is 14.0. The van der Waals surface area contributed by atoms with Crippen LogP contribution in [0.2, 0.25) is 0 Å². The molecule has 0 amide bonds. The van der Waals surface area contributed by atoms with Crippen molar-refractivity contribution in [3.8, 4) is 0 Å². The average Bonchev–Trinajstić information content (AvgIpc) is 2.69. The molecule has 0 atom stereocenters. The van der Waals surface area contributed by atoms with Gasteiger partial charge in [-0.25, -0.2) is 9.37 Å². The highest BCUT2D eigenvalue weighted by molar-refractivity contribution is 7.17. The van der Waals surface area contributed by atoms with Crippen LogP contribution in [-0.4, -0.2) is 21.8 Å². The van der Waals surface area contributed by atoms with E-state index in [0.29, 0.717) is 0 Å². The van der Waals surface area contributed by atoms with Gasteiger partial charge in [0, 0.05) is 5.56 Å². The largest absolute Gasteiger partial charge is 0.481 e. The maximum atomic E-state index is 12.8. The standard InChI is InChI=1S/C12H9FN2O3S/c13-7-3-1-6(2-4-7)10(18)11-8(5-9(16)17)15-12(14)19-11/h1-4H,5H2,(H2,14,15)(H,16,17). The lowest BCUT2D eigenvalue weighted by Gasteiger charge is -2.00. The summed E-state index contributed by atoms with van der Waals surface area (Å²) in [5, 5.41) is 8.88.